The third kappa shape index (κ3) is 4.09. The van der Waals surface area contributed by atoms with Crippen molar-refractivity contribution in [1.82, 2.24) is 9.78 Å². The number of aromatic nitrogens is 2. The number of nitrogens with zero attached hydrogens (tertiary/aromatic N) is 2. The number of methoxy groups -OCH3 is 3. The third-order valence-corrected chi connectivity index (χ3v) is 4.32. The zero-order chi connectivity index (χ0) is 20.1. The molecule has 7 heteroatoms. The van der Waals surface area contributed by atoms with E-state index in [1.807, 2.05) is 37.3 Å². The van der Waals surface area contributed by atoms with E-state index < -0.39 is 0 Å². The molecule has 0 bridgehead atoms. The molecule has 0 saturated heterocycles. The lowest BCUT2D eigenvalue weighted by molar-refractivity contribution is 0.102. The van der Waals surface area contributed by atoms with Crippen LogP contribution in [0.3, 0.4) is 0 Å². The minimum absolute atomic E-state index is 0.292. The highest BCUT2D eigenvalue weighted by atomic mass is 16.5. The van der Waals surface area contributed by atoms with Crippen LogP contribution in [-0.2, 0) is 6.42 Å². The van der Waals surface area contributed by atoms with Crippen molar-refractivity contribution in [2.75, 3.05) is 26.6 Å². The van der Waals surface area contributed by atoms with E-state index >= 15 is 0 Å². The highest BCUT2D eigenvalue weighted by molar-refractivity contribution is 6.04. The highest BCUT2D eigenvalue weighted by Gasteiger charge is 2.14. The van der Waals surface area contributed by atoms with E-state index in [9.17, 15) is 4.79 Å². The van der Waals surface area contributed by atoms with Gasteiger partial charge in [-0.15, -0.1) is 5.10 Å². The predicted octanol–water partition coefficient (Wildman–Crippen LogP) is 3.71. The maximum atomic E-state index is 12.7. The monoisotopic (exact) mass is 381 g/mol. The molecule has 0 atom stereocenters. The van der Waals surface area contributed by atoms with Gasteiger partial charge in [-0.3, -0.25) is 4.79 Å². The minimum Gasteiger partial charge on any atom is -0.497 e. The number of aryl methyl sites for hydroxylation is 1. The smallest absolute Gasteiger partial charge is 0.257 e. The Balaban J connectivity index is 1.86. The quantitative estimate of drug-likeness (QED) is 0.675. The van der Waals surface area contributed by atoms with Gasteiger partial charge in [0.15, 0.2) is 5.82 Å². The summed E-state index contributed by atoms with van der Waals surface area (Å²) in [6, 6.07) is 14.5. The number of benzene rings is 2. The topological polar surface area (TPSA) is 74.6 Å². The predicted molar refractivity (Wildman–Crippen MR) is 107 cm³/mol. The normalized spacial score (nSPS) is 10.4. The van der Waals surface area contributed by atoms with Gasteiger partial charge in [0.1, 0.15) is 17.2 Å². The van der Waals surface area contributed by atoms with E-state index in [1.54, 1.807) is 44.2 Å². The minimum atomic E-state index is -0.292. The molecule has 1 amide bonds. The van der Waals surface area contributed by atoms with Crippen LogP contribution in [0.1, 0.15) is 23.0 Å². The van der Waals surface area contributed by atoms with Crippen LogP contribution < -0.4 is 19.5 Å². The van der Waals surface area contributed by atoms with Gasteiger partial charge < -0.3 is 19.5 Å². The van der Waals surface area contributed by atoms with Crippen molar-refractivity contribution in [3.8, 4) is 22.9 Å². The Hall–Kier alpha value is -3.48. The van der Waals surface area contributed by atoms with Crippen LogP contribution in [0.15, 0.2) is 48.5 Å². The molecule has 0 aliphatic heterocycles. The van der Waals surface area contributed by atoms with Crippen molar-refractivity contribution < 1.29 is 19.0 Å². The summed E-state index contributed by atoms with van der Waals surface area (Å²) in [7, 11) is 4.71. The Morgan fingerprint density at radius 1 is 0.929 bits per heavy atom. The molecule has 1 heterocycles. The van der Waals surface area contributed by atoms with Gasteiger partial charge in [-0.05, 0) is 42.8 Å². The van der Waals surface area contributed by atoms with Gasteiger partial charge in [0.2, 0.25) is 0 Å². The fourth-order valence-electron chi connectivity index (χ4n) is 2.81. The van der Waals surface area contributed by atoms with Crippen molar-refractivity contribution in [1.29, 1.82) is 0 Å². The number of amides is 1. The van der Waals surface area contributed by atoms with Crippen LogP contribution in [0, 0.1) is 0 Å². The van der Waals surface area contributed by atoms with E-state index in [0.29, 0.717) is 22.9 Å². The molecule has 2 aromatic carbocycles. The van der Waals surface area contributed by atoms with Crippen molar-refractivity contribution in [2.24, 2.45) is 0 Å². The van der Waals surface area contributed by atoms with Crippen LogP contribution in [0.4, 0.5) is 5.82 Å². The highest BCUT2D eigenvalue weighted by Crippen LogP contribution is 2.24. The largest absolute Gasteiger partial charge is 0.497 e. The van der Waals surface area contributed by atoms with Crippen LogP contribution in [0.2, 0.25) is 0 Å². The van der Waals surface area contributed by atoms with Crippen LogP contribution in [-0.4, -0.2) is 37.0 Å². The average Bonchev–Trinajstić information content (AvgIpc) is 3.16. The van der Waals surface area contributed by atoms with Crippen molar-refractivity contribution in [3.63, 3.8) is 0 Å². The number of carbonyl (C=O) groups excluding carboxylic acids is 1. The molecule has 0 aliphatic rings. The van der Waals surface area contributed by atoms with Gasteiger partial charge in [-0.1, -0.05) is 6.92 Å². The van der Waals surface area contributed by atoms with Crippen LogP contribution >= 0.6 is 0 Å². The Bertz CT molecular complexity index is 942. The summed E-state index contributed by atoms with van der Waals surface area (Å²) < 4.78 is 17.5. The van der Waals surface area contributed by atoms with Crippen molar-refractivity contribution in [3.05, 3.63) is 59.8 Å². The van der Waals surface area contributed by atoms with Gasteiger partial charge in [0, 0.05) is 23.4 Å². The molecule has 3 rings (SSSR count). The summed E-state index contributed by atoms with van der Waals surface area (Å²) >= 11 is 0. The first-order chi connectivity index (χ1) is 13.6. The second-order valence-electron chi connectivity index (χ2n) is 6.04. The summed E-state index contributed by atoms with van der Waals surface area (Å²) in [5.41, 5.74) is 2.29. The Morgan fingerprint density at radius 3 is 2.07 bits per heavy atom. The lowest BCUT2D eigenvalue weighted by atomic mass is 10.2. The first kappa shape index (κ1) is 19.3. The maximum absolute atomic E-state index is 12.7. The second-order valence-corrected chi connectivity index (χ2v) is 6.04. The molecule has 0 aliphatic carbocycles. The molecular weight excluding hydrogens is 358 g/mol. The first-order valence-corrected chi connectivity index (χ1v) is 8.85. The molecule has 0 spiro atoms. The van der Waals surface area contributed by atoms with Crippen molar-refractivity contribution >= 4 is 11.7 Å². The second kappa shape index (κ2) is 8.47. The molecule has 146 valence electrons. The van der Waals surface area contributed by atoms with Gasteiger partial charge in [0.25, 0.3) is 5.91 Å². The molecule has 0 saturated carbocycles. The van der Waals surface area contributed by atoms with Crippen molar-refractivity contribution in [2.45, 2.75) is 13.3 Å². The molecular formula is C21H23N3O4. The Morgan fingerprint density at radius 2 is 1.54 bits per heavy atom. The van der Waals surface area contributed by atoms with Gasteiger partial charge in [-0.25, -0.2) is 4.68 Å². The zero-order valence-electron chi connectivity index (χ0n) is 16.4. The zero-order valence-corrected chi connectivity index (χ0v) is 16.4. The number of hydrogen-bond donors (Lipinski definition) is 1. The number of hydrogen-bond acceptors (Lipinski definition) is 5. The van der Waals surface area contributed by atoms with Crippen LogP contribution in [0.25, 0.3) is 5.69 Å². The molecule has 1 N–H and O–H groups in total. The van der Waals surface area contributed by atoms with E-state index in [2.05, 4.69) is 10.4 Å². The molecule has 3 aromatic rings. The number of ether oxygens (including phenoxy) is 3. The van der Waals surface area contributed by atoms with Gasteiger partial charge >= 0.3 is 0 Å². The summed E-state index contributed by atoms with van der Waals surface area (Å²) in [6.45, 7) is 2.04. The molecule has 28 heavy (non-hydrogen) atoms. The maximum Gasteiger partial charge on any atom is 0.257 e. The van der Waals surface area contributed by atoms with Gasteiger partial charge in [0.05, 0.1) is 27.0 Å². The fourth-order valence-corrected chi connectivity index (χ4v) is 2.81. The average molecular weight is 381 g/mol. The Labute approximate surface area is 163 Å². The molecule has 0 unspecified atom stereocenters. The fraction of sp³-hybridized carbons (Fsp3) is 0.238. The van der Waals surface area contributed by atoms with E-state index in [1.165, 1.54) is 0 Å². The lowest BCUT2D eigenvalue weighted by Gasteiger charge is -2.08. The SMILES string of the molecule is CCc1cc(NC(=O)c2cc(OC)cc(OC)c2)nn1-c1ccc(OC)cc1. The van der Waals surface area contributed by atoms with Gasteiger partial charge in [-0.2, -0.15) is 0 Å². The summed E-state index contributed by atoms with van der Waals surface area (Å²) in [4.78, 5) is 12.7. The van der Waals surface area contributed by atoms with Crippen LogP contribution in [0.5, 0.6) is 17.2 Å². The summed E-state index contributed by atoms with van der Waals surface area (Å²) in [5.74, 6) is 2.04. The first-order valence-electron chi connectivity index (χ1n) is 8.85. The van der Waals surface area contributed by atoms with E-state index in [-0.39, 0.29) is 5.91 Å². The standard InChI is InChI=1S/C21H23N3O4/c1-5-15-12-20(23-24(15)16-6-8-17(26-2)9-7-16)22-21(25)14-10-18(27-3)13-19(11-14)28-4/h6-13H,5H2,1-4H3,(H,22,23,25). The molecule has 0 fully saturated rings. The molecule has 1 aromatic heterocycles. The lowest BCUT2D eigenvalue weighted by Crippen LogP contribution is -2.13. The molecule has 7 nitrogen and oxygen atoms in total. The van der Waals surface area contributed by atoms with E-state index in [4.69, 9.17) is 14.2 Å². The number of anilines is 1. The van der Waals surface area contributed by atoms with E-state index in [0.717, 1.165) is 23.6 Å². The molecule has 0 radical (unpaired) electrons. The third-order valence-electron chi connectivity index (χ3n) is 4.32. The Kier molecular flexibility index (Phi) is 5.84. The number of rotatable bonds is 7. The number of carbonyl (C=O) groups is 1. The summed E-state index contributed by atoms with van der Waals surface area (Å²) in [6.07, 6.45) is 0.766. The number of nitrogens with one attached hydrogen (secondary N) is 1. The summed E-state index contributed by atoms with van der Waals surface area (Å²) in [5, 5.41) is 7.38.